The molecule has 3 aromatic rings. The minimum atomic E-state index is -4.09. The predicted octanol–water partition coefficient (Wildman–Crippen LogP) is 3.97. The number of benzene rings is 3. The fourth-order valence-electron chi connectivity index (χ4n) is 3.58. The zero-order valence-electron chi connectivity index (χ0n) is 21.1. The topological polar surface area (TPSA) is 160 Å². The molecule has 0 fully saturated rings. The van der Waals surface area contributed by atoms with Gasteiger partial charge in [0, 0.05) is 17.2 Å². The molecule has 10 nitrogen and oxygen atoms in total. The molecule has 3 amide bonds. The van der Waals surface area contributed by atoms with E-state index in [1.165, 1.54) is 6.07 Å². The van der Waals surface area contributed by atoms with Crippen LogP contribution in [0.4, 0.5) is 10.5 Å². The van der Waals surface area contributed by atoms with Gasteiger partial charge in [-0.15, -0.1) is 0 Å². The zero-order chi connectivity index (χ0) is 28.0. The fraction of sp³-hybridized carbons (Fsp3) is 0.185. The minimum Gasteiger partial charge on any atom is -0.384 e. The van der Waals surface area contributed by atoms with Crippen molar-refractivity contribution < 1.29 is 27.0 Å². The average molecular weight is 537 g/mol. The molecule has 4 N–H and O–H groups in total. The highest BCUT2D eigenvalue weighted by molar-refractivity contribution is 7.86. The summed E-state index contributed by atoms with van der Waals surface area (Å²) >= 11 is 0. The van der Waals surface area contributed by atoms with Crippen LogP contribution in [0.3, 0.4) is 0 Å². The maximum atomic E-state index is 13.1. The van der Waals surface area contributed by atoms with Crippen molar-refractivity contribution in [2.75, 3.05) is 11.6 Å². The monoisotopic (exact) mass is 536 g/mol. The van der Waals surface area contributed by atoms with Crippen LogP contribution in [-0.4, -0.2) is 43.3 Å². The van der Waals surface area contributed by atoms with Gasteiger partial charge in [-0.05, 0) is 47.0 Å². The Morgan fingerprint density at radius 3 is 2.18 bits per heavy atom. The average Bonchev–Trinajstić information content (AvgIpc) is 2.86. The van der Waals surface area contributed by atoms with Crippen LogP contribution in [0.5, 0.6) is 0 Å². The van der Waals surface area contributed by atoms with Crippen molar-refractivity contribution in [3.8, 4) is 11.1 Å². The summed E-state index contributed by atoms with van der Waals surface area (Å²) in [6, 6.07) is 19.1. The number of nitrogen functional groups attached to an aromatic ring is 1. The highest BCUT2D eigenvalue weighted by Gasteiger charge is 2.26. The first-order chi connectivity index (χ1) is 17.9. The second kappa shape index (κ2) is 11.7. The van der Waals surface area contributed by atoms with E-state index in [2.05, 4.69) is 9.50 Å². The summed E-state index contributed by atoms with van der Waals surface area (Å²) in [4.78, 5) is 39.9. The van der Waals surface area contributed by atoms with Crippen molar-refractivity contribution in [2.24, 2.45) is 11.7 Å². The van der Waals surface area contributed by atoms with Gasteiger partial charge in [0.05, 0.1) is 18.4 Å². The summed E-state index contributed by atoms with van der Waals surface area (Å²) in [6.45, 7) is 3.11. The molecule has 11 heteroatoms. The number of carbonyl (C=O) groups excluding carboxylic acids is 3. The molecule has 0 saturated carbocycles. The van der Waals surface area contributed by atoms with Crippen LogP contribution >= 0.6 is 0 Å². The van der Waals surface area contributed by atoms with Crippen molar-refractivity contribution in [2.45, 2.75) is 20.4 Å². The van der Waals surface area contributed by atoms with E-state index in [9.17, 15) is 22.8 Å². The molecule has 38 heavy (non-hydrogen) atoms. The third kappa shape index (κ3) is 7.26. The molecule has 0 aromatic heterocycles. The lowest BCUT2D eigenvalue weighted by atomic mass is 9.97. The standard InChI is InChI=1S/C27H28N4O6S/c1-17(2)25(32)31(27(34)30-21-12-10-20(11-13-21)24(28)29)16-18-9-14-22(19-7-5-4-6-8-19)23(15-18)26(33)37-38(3,35)36/h4-15,17H,16H2,1-3H3,(H3,28,29)(H,30,34). The van der Waals surface area contributed by atoms with Gasteiger partial charge in [0.1, 0.15) is 5.84 Å². The number of nitrogens with two attached hydrogens (primary N) is 1. The van der Waals surface area contributed by atoms with Crippen LogP contribution in [0.2, 0.25) is 0 Å². The number of imide groups is 1. The molecule has 3 rings (SSSR count). The van der Waals surface area contributed by atoms with Crippen LogP contribution in [-0.2, 0) is 25.6 Å². The van der Waals surface area contributed by atoms with Crippen LogP contribution in [0.15, 0.2) is 72.8 Å². The molecule has 3 aromatic carbocycles. The third-order valence-corrected chi connectivity index (χ3v) is 5.86. The largest absolute Gasteiger partial charge is 0.384 e. The van der Waals surface area contributed by atoms with Gasteiger partial charge in [-0.3, -0.25) is 15.1 Å². The van der Waals surface area contributed by atoms with Crippen molar-refractivity contribution in [1.29, 1.82) is 5.41 Å². The number of hydrogen-bond acceptors (Lipinski definition) is 7. The molecule has 0 saturated heterocycles. The summed E-state index contributed by atoms with van der Waals surface area (Å²) < 4.78 is 27.9. The van der Waals surface area contributed by atoms with E-state index in [1.54, 1.807) is 80.6 Å². The summed E-state index contributed by atoms with van der Waals surface area (Å²) in [5.41, 5.74) is 7.79. The SMILES string of the molecule is CC(C)C(=O)N(Cc1ccc(-c2ccccc2)c(C(=O)OS(C)(=O)=O)c1)C(=O)Nc1ccc(C(=N)N)cc1. The van der Waals surface area contributed by atoms with E-state index >= 15 is 0 Å². The molecule has 0 heterocycles. The van der Waals surface area contributed by atoms with Gasteiger partial charge < -0.3 is 15.2 Å². The summed E-state index contributed by atoms with van der Waals surface area (Å²) in [6.07, 6.45) is 0.771. The first-order valence-electron chi connectivity index (χ1n) is 11.5. The van der Waals surface area contributed by atoms with Crippen molar-refractivity contribution in [3.05, 3.63) is 89.5 Å². The fourth-order valence-corrected chi connectivity index (χ4v) is 3.94. The number of amidine groups is 1. The number of hydrogen-bond donors (Lipinski definition) is 3. The molecule has 0 bridgehead atoms. The predicted molar refractivity (Wildman–Crippen MR) is 144 cm³/mol. The Hall–Kier alpha value is -4.51. The molecule has 0 radical (unpaired) electrons. The second-order valence-corrected chi connectivity index (χ2v) is 10.4. The molecular weight excluding hydrogens is 508 g/mol. The highest BCUT2D eigenvalue weighted by Crippen LogP contribution is 2.27. The summed E-state index contributed by atoms with van der Waals surface area (Å²) in [7, 11) is -4.09. The maximum Gasteiger partial charge on any atom is 0.354 e. The normalized spacial score (nSPS) is 11.1. The van der Waals surface area contributed by atoms with E-state index in [0.717, 1.165) is 11.2 Å². The third-order valence-electron chi connectivity index (χ3n) is 5.41. The number of carbonyl (C=O) groups is 3. The van der Waals surface area contributed by atoms with Gasteiger partial charge in [0.25, 0.3) is 0 Å². The number of nitrogens with zero attached hydrogens (tertiary/aromatic N) is 1. The summed E-state index contributed by atoms with van der Waals surface area (Å²) in [5, 5.41) is 10.1. The number of nitrogens with one attached hydrogen (secondary N) is 2. The van der Waals surface area contributed by atoms with Gasteiger partial charge in [-0.25, -0.2) is 9.59 Å². The Bertz CT molecular complexity index is 1470. The van der Waals surface area contributed by atoms with Crippen molar-refractivity contribution in [3.63, 3.8) is 0 Å². The first-order valence-corrected chi connectivity index (χ1v) is 13.4. The molecule has 198 valence electrons. The highest BCUT2D eigenvalue weighted by atomic mass is 32.2. The van der Waals surface area contributed by atoms with E-state index in [4.69, 9.17) is 11.1 Å². The van der Waals surface area contributed by atoms with Crippen LogP contribution in [0, 0.1) is 11.3 Å². The van der Waals surface area contributed by atoms with Crippen molar-refractivity contribution >= 4 is 39.5 Å². The number of amides is 3. The Kier molecular flexibility index (Phi) is 8.64. The zero-order valence-corrected chi connectivity index (χ0v) is 21.9. The van der Waals surface area contributed by atoms with E-state index in [-0.39, 0.29) is 17.9 Å². The number of rotatable bonds is 8. The Labute approximate surface area is 221 Å². The molecular formula is C27H28N4O6S. The molecule has 0 aliphatic heterocycles. The quantitative estimate of drug-likeness (QED) is 0.223. The molecule has 0 aliphatic rings. The van der Waals surface area contributed by atoms with E-state index in [0.29, 0.717) is 27.9 Å². The van der Waals surface area contributed by atoms with E-state index in [1.807, 2.05) is 0 Å². The lowest BCUT2D eigenvalue weighted by Crippen LogP contribution is -2.41. The lowest BCUT2D eigenvalue weighted by Gasteiger charge is -2.24. The Morgan fingerprint density at radius 1 is 1.00 bits per heavy atom. The second-order valence-electron chi connectivity index (χ2n) is 8.82. The molecule has 0 atom stereocenters. The Balaban J connectivity index is 1.96. The molecule has 0 aliphatic carbocycles. The van der Waals surface area contributed by atoms with Gasteiger partial charge >= 0.3 is 22.1 Å². The Morgan fingerprint density at radius 2 is 1.63 bits per heavy atom. The first kappa shape index (κ1) is 28.1. The van der Waals surface area contributed by atoms with Crippen LogP contribution in [0.25, 0.3) is 11.1 Å². The smallest absolute Gasteiger partial charge is 0.354 e. The van der Waals surface area contributed by atoms with Crippen LogP contribution in [0.1, 0.15) is 35.3 Å². The lowest BCUT2D eigenvalue weighted by molar-refractivity contribution is -0.131. The maximum absolute atomic E-state index is 13.1. The van der Waals surface area contributed by atoms with Gasteiger partial charge in [-0.2, -0.15) is 8.42 Å². The van der Waals surface area contributed by atoms with Crippen LogP contribution < -0.4 is 11.1 Å². The molecule has 0 spiro atoms. The number of anilines is 1. The summed E-state index contributed by atoms with van der Waals surface area (Å²) in [5.74, 6) is -2.18. The molecule has 0 unspecified atom stereocenters. The number of urea groups is 1. The van der Waals surface area contributed by atoms with Crippen molar-refractivity contribution in [1.82, 2.24) is 4.90 Å². The van der Waals surface area contributed by atoms with E-state index < -0.39 is 33.9 Å². The van der Waals surface area contributed by atoms with Gasteiger partial charge in [0.15, 0.2) is 0 Å². The minimum absolute atomic E-state index is 0.0312. The van der Waals surface area contributed by atoms with Gasteiger partial charge in [-0.1, -0.05) is 56.3 Å². The van der Waals surface area contributed by atoms with Gasteiger partial charge in [0.2, 0.25) is 5.91 Å².